The van der Waals surface area contributed by atoms with Crippen molar-refractivity contribution in [3.8, 4) is 111 Å². The zero-order chi connectivity index (χ0) is 91.1. The second-order valence-corrected chi connectivity index (χ2v) is 34.3. The maximum Gasteiger partial charge on any atom is 0.148 e. The van der Waals surface area contributed by atoms with Crippen LogP contribution in [-0.2, 0) is 0 Å². The van der Waals surface area contributed by atoms with Crippen LogP contribution in [0.2, 0.25) is 0 Å². The zero-order valence-corrected chi connectivity index (χ0v) is 73.7. The molecule has 0 amide bonds. The van der Waals surface area contributed by atoms with Crippen LogP contribution < -0.4 is 20.4 Å². The number of hydrogen-bond acceptors (Lipinski definition) is 4. The Morgan fingerprint density at radius 2 is 0.449 bits per heavy atom. The van der Waals surface area contributed by atoms with Gasteiger partial charge in [-0.25, -0.2) is 17.6 Å². The summed E-state index contributed by atoms with van der Waals surface area (Å²) in [7, 11) is 0. The van der Waals surface area contributed by atoms with Crippen LogP contribution in [0.3, 0.4) is 0 Å². The van der Waals surface area contributed by atoms with Gasteiger partial charge in [-0.05, 0) is 231 Å². The Hall–Kier alpha value is -17.7. The number of halogens is 4. The number of nitrogens with one attached hydrogen (secondary N) is 2. The molecule has 0 aliphatic carbocycles. The lowest BCUT2D eigenvalue weighted by molar-refractivity contribution is 0.629. The van der Waals surface area contributed by atoms with E-state index in [1.54, 1.807) is 24.3 Å². The van der Waals surface area contributed by atoms with Gasteiger partial charge in [0, 0.05) is 88.7 Å². The van der Waals surface area contributed by atoms with E-state index in [0.717, 1.165) is 182 Å². The van der Waals surface area contributed by atoms with E-state index in [1.807, 2.05) is 352 Å². The lowest BCUT2D eigenvalue weighted by Gasteiger charge is -2.31. The number of rotatable bonds is 20. The molecular formula is C128H84F4N4. The van der Waals surface area contributed by atoms with E-state index >= 15 is 17.6 Å². The maximum absolute atomic E-state index is 18.4. The van der Waals surface area contributed by atoms with Crippen molar-refractivity contribution in [3.05, 3.63) is 521 Å². The lowest BCUT2D eigenvalue weighted by Crippen LogP contribution is -2.14. The number of benzene rings is 24. The van der Waals surface area contributed by atoms with Gasteiger partial charge < -0.3 is 20.4 Å². The normalized spacial score (nSPS) is 11.4. The molecule has 0 fully saturated rings. The van der Waals surface area contributed by atoms with Crippen LogP contribution in [0.1, 0.15) is 0 Å². The average molecular weight is 1750 g/mol. The average Bonchev–Trinajstić information content (AvgIpc) is 0.767. The summed E-state index contributed by atoms with van der Waals surface area (Å²) in [5.74, 6) is -1.52. The smallest absolute Gasteiger partial charge is 0.148 e. The molecular weight excluding hydrogens is 1670 g/mol. The van der Waals surface area contributed by atoms with Crippen LogP contribution in [0.5, 0.6) is 0 Å². The summed E-state index contributed by atoms with van der Waals surface area (Å²) in [5, 5.41) is 19.3. The molecule has 0 heterocycles. The van der Waals surface area contributed by atoms with Crippen LogP contribution in [0.25, 0.3) is 176 Å². The molecule has 4 nitrogen and oxygen atoms in total. The molecule has 24 rings (SSSR count). The van der Waals surface area contributed by atoms with Crippen molar-refractivity contribution in [2.45, 2.75) is 0 Å². The number of anilines is 10. The second-order valence-electron chi connectivity index (χ2n) is 34.3. The fourth-order valence-corrected chi connectivity index (χ4v) is 20.1. The van der Waals surface area contributed by atoms with Gasteiger partial charge in [-0.15, -0.1) is 0 Å². The number of hydrogen-bond donors (Lipinski definition) is 2. The quantitative estimate of drug-likeness (QED) is 0.0588. The molecule has 8 heteroatoms. The van der Waals surface area contributed by atoms with Crippen LogP contribution >= 0.6 is 0 Å². The first-order valence-electron chi connectivity index (χ1n) is 45.8. The fourth-order valence-electron chi connectivity index (χ4n) is 20.1. The molecule has 0 bridgehead atoms. The molecule has 0 radical (unpaired) electrons. The molecule has 0 spiro atoms. The predicted molar refractivity (Wildman–Crippen MR) is 563 cm³/mol. The van der Waals surface area contributed by atoms with Gasteiger partial charge in [0.05, 0.1) is 28.4 Å². The van der Waals surface area contributed by atoms with Gasteiger partial charge in [0.1, 0.15) is 23.3 Å². The third-order valence-electron chi connectivity index (χ3n) is 26.2. The number of nitrogens with zero attached hydrogens (tertiary/aromatic N) is 2. The van der Waals surface area contributed by atoms with Gasteiger partial charge in [-0.1, -0.05) is 382 Å². The highest BCUT2D eigenvalue weighted by molar-refractivity contribution is 6.34. The van der Waals surface area contributed by atoms with Crippen LogP contribution in [0.4, 0.5) is 74.4 Å². The van der Waals surface area contributed by atoms with Gasteiger partial charge in [0.25, 0.3) is 0 Å². The molecule has 0 saturated carbocycles. The van der Waals surface area contributed by atoms with Crippen molar-refractivity contribution >= 4 is 122 Å². The lowest BCUT2D eigenvalue weighted by atomic mass is 9.78. The van der Waals surface area contributed by atoms with Crippen molar-refractivity contribution in [1.82, 2.24) is 0 Å². The Morgan fingerprint density at radius 3 is 0.824 bits per heavy atom. The largest absolute Gasteiger partial charge is 0.355 e. The molecule has 2 N–H and O–H groups in total. The molecule has 0 aromatic heterocycles. The van der Waals surface area contributed by atoms with E-state index in [4.69, 9.17) is 0 Å². The summed E-state index contributed by atoms with van der Waals surface area (Å²) in [6.07, 6.45) is 0. The van der Waals surface area contributed by atoms with Gasteiger partial charge in [0.15, 0.2) is 0 Å². The fraction of sp³-hybridized carbons (Fsp3) is 0. The Morgan fingerprint density at radius 1 is 0.176 bits per heavy atom. The van der Waals surface area contributed by atoms with E-state index in [1.165, 1.54) is 0 Å². The summed E-state index contributed by atoms with van der Waals surface area (Å²) in [4.78, 5) is 4.15. The predicted octanol–water partition coefficient (Wildman–Crippen LogP) is 36.8. The van der Waals surface area contributed by atoms with Crippen molar-refractivity contribution in [2.24, 2.45) is 0 Å². The minimum atomic E-state index is -0.424. The third kappa shape index (κ3) is 15.4. The SMILES string of the molecule is Fc1cc(-c2ccccc2)cc(-c2ccccc2)c1-c1c(Nc2ccccc2)c2ccc3ccc(Nc4ccccc4)c4ccc(c1-c1c(F)cc(-c5ccccc5)cc1-c1ccccc1)c2c34.Fc1cc(-c2ccccc2)cc(-c2ccccc2)c1N(c1ccccc1)c1ccc2ccc3c(N(c4ccccc4)c4c(F)cc(-c5ccccc5)cc4-c4ccccc4)ccc4ccc1c2c43. The van der Waals surface area contributed by atoms with Crippen molar-refractivity contribution < 1.29 is 17.6 Å². The van der Waals surface area contributed by atoms with Crippen LogP contribution in [0, 0.1) is 23.3 Å². The monoisotopic (exact) mass is 1750 g/mol. The second kappa shape index (κ2) is 35.9. The van der Waals surface area contributed by atoms with Crippen LogP contribution in [0.15, 0.2) is 497 Å². The Balaban J connectivity index is 0.000000153. The third-order valence-corrected chi connectivity index (χ3v) is 26.2. The molecule has 0 aliphatic heterocycles. The van der Waals surface area contributed by atoms with E-state index in [2.05, 4.69) is 142 Å². The van der Waals surface area contributed by atoms with Gasteiger partial charge >= 0.3 is 0 Å². The van der Waals surface area contributed by atoms with Gasteiger partial charge in [0.2, 0.25) is 0 Å². The minimum absolute atomic E-state index is 0.338. The molecule has 644 valence electrons. The van der Waals surface area contributed by atoms with Gasteiger partial charge in [-0.3, -0.25) is 0 Å². The molecule has 0 unspecified atom stereocenters. The van der Waals surface area contributed by atoms with E-state index < -0.39 is 11.6 Å². The topological polar surface area (TPSA) is 30.5 Å². The van der Waals surface area contributed by atoms with Crippen molar-refractivity contribution in [3.63, 3.8) is 0 Å². The molecule has 24 aromatic carbocycles. The van der Waals surface area contributed by atoms with E-state index in [-0.39, 0.29) is 11.6 Å². The molecule has 0 atom stereocenters. The van der Waals surface area contributed by atoms with Crippen molar-refractivity contribution in [2.75, 3.05) is 20.4 Å². The highest BCUT2D eigenvalue weighted by atomic mass is 19.1. The minimum Gasteiger partial charge on any atom is -0.355 e. The first-order valence-corrected chi connectivity index (χ1v) is 45.8. The molecule has 24 aromatic rings. The maximum atomic E-state index is 18.4. The summed E-state index contributed by atoms with van der Waals surface area (Å²) in [5.41, 5.74) is 22.7. The molecule has 0 aliphatic rings. The van der Waals surface area contributed by atoms with Crippen molar-refractivity contribution in [1.29, 1.82) is 0 Å². The zero-order valence-electron chi connectivity index (χ0n) is 73.7. The molecule has 0 saturated heterocycles. The molecule has 136 heavy (non-hydrogen) atoms. The van der Waals surface area contributed by atoms with E-state index in [9.17, 15) is 0 Å². The first-order chi connectivity index (χ1) is 67.2. The Kier molecular flexibility index (Phi) is 21.8. The standard InChI is InChI=1S/2C64H42F2N2/c65-57-41-49(43-19-7-1-8-20-43)39-55(45-23-11-3-12-24-45)63(57)67(51-27-15-5-16-28-51)59-37-33-47-32-36-54-60(38-34-48-31-35-53(59)61(47)62(48)54)68(52-29-17-6-18-30-52)64-56(46-25-13-4-14-26-46)40-50(42-58(64)66)44-21-9-2-10-22-44;65-55-39-46(41-19-7-1-8-20-41)37-53(43-23-11-3-12-24-43)60(55)62-51-35-34-50-57(67-48-27-15-5-16-28-48)36-32-45-31-33-52(59(51)58(45)50)64(68-49-29-17-6-18-30-49)63(62)61-54(44-25-13-4-14-26-44)38-47(40-56(61)66)42-21-9-2-10-22-42/h1-42H;1-40,67-68H. The first kappa shape index (κ1) is 82.7. The van der Waals surface area contributed by atoms with Gasteiger partial charge in [-0.2, -0.15) is 0 Å². The van der Waals surface area contributed by atoms with E-state index in [0.29, 0.717) is 50.4 Å². The Bertz CT molecular complexity index is 8260. The summed E-state index contributed by atoms with van der Waals surface area (Å²) >= 11 is 0. The van der Waals surface area contributed by atoms with Crippen LogP contribution in [-0.4, -0.2) is 0 Å². The summed E-state index contributed by atoms with van der Waals surface area (Å²) in [6.45, 7) is 0. The number of para-hydroxylation sites is 4. The summed E-state index contributed by atoms with van der Waals surface area (Å²) < 4.78 is 72.0. The Labute approximate surface area is 786 Å². The highest BCUT2D eigenvalue weighted by Gasteiger charge is 2.34. The summed E-state index contributed by atoms with van der Waals surface area (Å²) in [6, 6.07) is 165. The highest BCUT2D eigenvalue weighted by Crippen LogP contribution is 2.58.